The van der Waals surface area contributed by atoms with Crippen LogP contribution < -0.4 is 5.32 Å². The van der Waals surface area contributed by atoms with Gasteiger partial charge in [0.2, 0.25) is 0 Å². The number of hydrogen-bond acceptors (Lipinski definition) is 3. The summed E-state index contributed by atoms with van der Waals surface area (Å²) >= 11 is 0. The van der Waals surface area contributed by atoms with Crippen LogP contribution in [0.2, 0.25) is 0 Å². The number of nitrogens with one attached hydrogen (secondary N) is 1. The van der Waals surface area contributed by atoms with E-state index in [1.165, 1.54) is 0 Å². The molecule has 3 atom stereocenters. The predicted molar refractivity (Wildman–Crippen MR) is 46.5 cm³/mol. The first-order chi connectivity index (χ1) is 6.17. The molecule has 2 heterocycles. The fourth-order valence-corrected chi connectivity index (χ4v) is 2.59. The lowest BCUT2D eigenvalue weighted by Crippen LogP contribution is -2.40. The molecule has 2 aliphatic rings. The van der Waals surface area contributed by atoms with E-state index in [0.717, 1.165) is 13.0 Å². The largest absolute Gasteiger partial charge is 0.481 e. The first-order valence-electron chi connectivity index (χ1n) is 4.72. The van der Waals surface area contributed by atoms with Crippen LogP contribution in [0.4, 0.5) is 0 Å². The molecule has 0 aromatic heterocycles. The Morgan fingerprint density at radius 1 is 1.69 bits per heavy atom. The molecule has 2 N–H and O–H groups in total. The number of rotatable bonds is 1. The normalized spacial score (nSPS) is 44.4. The second-order valence-electron chi connectivity index (χ2n) is 4.02. The van der Waals surface area contributed by atoms with Crippen LogP contribution in [0.3, 0.4) is 0 Å². The summed E-state index contributed by atoms with van der Waals surface area (Å²) in [4.78, 5) is 11.0. The summed E-state index contributed by atoms with van der Waals surface area (Å²) < 4.78 is 5.47. The van der Waals surface area contributed by atoms with Crippen LogP contribution in [0.25, 0.3) is 0 Å². The Morgan fingerprint density at radius 2 is 2.46 bits per heavy atom. The highest BCUT2D eigenvalue weighted by Gasteiger charge is 2.53. The van der Waals surface area contributed by atoms with Gasteiger partial charge in [-0.05, 0) is 13.3 Å². The van der Waals surface area contributed by atoms with Gasteiger partial charge in [-0.25, -0.2) is 0 Å². The lowest BCUT2D eigenvalue weighted by molar-refractivity contribution is -0.145. The average Bonchev–Trinajstić information content (AvgIpc) is 2.62. The van der Waals surface area contributed by atoms with Crippen molar-refractivity contribution in [2.24, 2.45) is 11.3 Å². The maximum atomic E-state index is 11.0. The first-order valence-corrected chi connectivity index (χ1v) is 4.72. The molecule has 4 nitrogen and oxygen atoms in total. The topological polar surface area (TPSA) is 58.6 Å². The number of hydrogen-bond donors (Lipinski definition) is 2. The van der Waals surface area contributed by atoms with Gasteiger partial charge in [-0.2, -0.15) is 0 Å². The smallest absolute Gasteiger partial charge is 0.308 e. The molecule has 0 bridgehead atoms. The quantitative estimate of drug-likeness (QED) is 0.607. The molecule has 0 saturated carbocycles. The Labute approximate surface area is 77.3 Å². The summed E-state index contributed by atoms with van der Waals surface area (Å²) in [5, 5.41) is 12.2. The standard InChI is InChI=1S/C9H15NO3/c1-6-9(2-3-13-6)5-10-4-7(9)8(11)12/h6-7,10H,2-5H2,1H3,(H,11,12). The lowest BCUT2D eigenvalue weighted by atomic mass is 9.73. The maximum Gasteiger partial charge on any atom is 0.308 e. The molecule has 2 rings (SSSR count). The molecule has 0 aromatic carbocycles. The zero-order chi connectivity index (χ0) is 9.47. The molecule has 4 heteroatoms. The van der Waals surface area contributed by atoms with Gasteiger partial charge in [0.15, 0.2) is 0 Å². The maximum absolute atomic E-state index is 11.0. The van der Waals surface area contributed by atoms with Crippen molar-refractivity contribution in [1.29, 1.82) is 0 Å². The number of carboxylic acid groups (broad SMARTS) is 1. The molecule has 2 aliphatic heterocycles. The monoisotopic (exact) mass is 185 g/mol. The summed E-state index contributed by atoms with van der Waals surface area (Å²) in [7, 11) is 0. The van der Waals surface area contributed by atoms with Crippen molar-refractivity contribution in [3.8, 4) is 0 Å². The van der Waals surface area contributed by atoms with Crippen LogP contribution in [0.1, 0.15) is 13.3 Å². The van der Waals surface area contributed by atoms with Gasteiger partial charge in [0.1, 0.15) is 0 Å². The third-order valence-electron chi connectivity index (χ3n) is 3.54. The number of aliphatic carboxylic acids is 1. The predicted octanol–water partition coefficient (Wildman–Crippen LogP) is 0.0856. The van der Waals surface area contributed by atoms with Gasteiger partial charge in [-0.3, -0.25) is 4.79 Å². The van der Waals surface area contributed by atoms with Gasteiger partial charge in [0.25, 0.3) is 0 Å². The molecule has 0 aliphatic carbocycles. The van der Waals surface area contributed by atoms with E-state index in [4.69, 9.17) is 9.84 Å². The summed E-state index contributed by atoms with van der Waals surface area (Å²) in [5.74, 6) is -0.965. The zero-order valence-electron chi connectivity index (χ0n) is 7.75. The minimum atomic E-state index is -0.692. The molecule has 2 fully saturated rings. The highest BCUT2D eigenvalue weighted by molar-refractivity contribution is 5.72. The number of carboxylic acids is 1. The Kier molecular flexibility index (Phi) is 2.04. The van der Waals surface area contributed by atoms with Crippen molar-refractivity contribution < 1.29 is 14.6 Å². The first kappa shape index (κ1) is 8.97. The van der Waals surface area contributed by atoms with Gasteiger partial charge in [0.05, 0.1) is 12.0 Å². The zero-order valence-corrected chi connectivity index (χ0v) is 7.75. The van der Waals surface area contributed by atoms with E-state index in [9.17, 15) is 4.79 Å². The van der Waals surface area contributed by atoms with Crippen molar-refractivity contribution in [3.05, 3.63) is 0 Å². The van der Waals surface area contributed by atoms with Crippen LogP contribution in [0.5, 0.6) is 0 Å². The molecule has 0 radical (unpaired) electrons. The summed E-state index contributed by atoms with van der Waals surface area (Å²) in [6, 6.07) is 0. The fourth-order valence-electron chi connectivity index (χ4n) is 2.59. The average molecular weight is 185 g/mol. The van der Waals surface area contributed by atoms with Gasteiger partial charge in [-0.15, -0.1) is 0 Å². The van der Waals surface area contributed by atoms with Crippen molar-refractivity contribution in [1.82, 2.24) is 5.32 Å². The van der Waals surface area contributed by atoms with Gasteiger partial charge >= 0.3 is 5.97 Å². The van der Waals surface area contributed by atoms with Crippen molar-refractivity contribution in [2.75, 3.05) is 19.7 Å². The molecule has 2 saturated heterocycles. The minimum absolute atomic E-state index is 0.0728. The second-order valence-corrected chi connectivity index (χ2v) is 4.02. The van der Waals surface area contributed by atoms with Crippen LogP contribution >= 0.6 is 0 Å². The van der Waals surface area contributed by atoms with E-state index in [1.807, 2.05) is 6.92 Å². The third kappa shape index (κ3) is 1.16. The Hall–Kier alpha value is -0.610. The SMILES string of the molecule is CC1OCCC12CNCC2C(=O)O. The third-order valence-corrected chi connectivity index (χ3v) is 3.54. The Balaban J connectivity index is 2.24. The molecular formula is C9H15NO3. The molecule has 0 aromatic rings. The van der Waals surface area contributed by atoms with Crippen molar-refractivity contribution in [3.63, 3.8) is 0 Å². The molecular weight excluding hydrogens is 170 g/mol. The molecule has 0 amide bonds. The highest BCUT2D eigenvalue weighted by Crippen LogP contribution is 2.44. The summed E-state index contributed by atoms with van der Waals surface area (Å²) in [6.45, 7) is 4.05. The summed E-state index contributed by atoms with van der Waals surface area (Å²) in [5.41, 5.74) is -0.147. The van der Waals surface area contributed by atoms with E-state index < -0.39 is 5.97 Å². The van der Waals surface area contributed by atoms with Crippen molar-refractivity contribution in [2.45, 2.75) is 19.4 Å². The Bertz CT molecular complexity index is 227. The van der Waals surface area contributed by atoms with Crippen molar-refractivity contribution >= 4 is 5.97 Å². The lowest BCUT2D eigenvalue weighted by Gasteiger charge is -2.30. The molecule has 1 spiro atoms. The minimum Gasteiger partial charge on any atom is -0.481 e. The van der Waals surface area contributed by atoms with E-state index >= 15 is 0 Å². The van der Waals surface area contributed by atoms with Crippen LogP contribution in [0, 0.1) is 11.3 Å². The van der Waals surface area contributed by atoms with Crippen LogP contribution in [-0.4, -0.2) is 36.9 Å². The number of carbonyl (C=O) groups is 1. The van der Waals surface area contributed by atoms with E-state index in [0.29, 0.717) is 13.2 Å². The fraction of sp³-hybridized carbons (Fsp3) is 0.889. The van der Waals surface area contributed by atoms with Crippen LogP contribution in [0.15, 0.2) is 0 Å². The van der Waals surface area contributed by atoms with Gasteiger partial charge in [-0.1, -0.05) is 0 Å². The molecule has 74 valence electrons. The van der Waals surface area contributed by atoms with E-state index in [-0.39, 0.29) is 17.4 Å². The van der Waals surface area contributed by atoms with E-state index in [2.05, 4.69) is 5.32 Å². The van der Waals surface area contributed by atoms with Crippen LogP contribution in [-0.2, 0) is 9.53 Å². The summed E-state index contributed by atoms with van der Waals surface area (Å²) in [6.07, 6.45) is 0.946. The highest BCUT2D eigenvalue weighted by atomic mass is 16.5. The molecule has 13 heavy (non-hydrogen) atoms. The van der Waals surface area contributed by atoms with Gasteiger partial charge in [0, 0.05) is 25.1 Å². The Morgan fingerprint density at radius 3 is 3.00 bits per heavy atom. The van der Waals surface area contributed by atoms with Gasteiger partial charge < -0.3 is 15.2 Å². The number of ether oxygens (including phenoxy) is 1. The molecule has 3 unspecified atom stereocenters. The van der Waals surface area contributed by atoms with E-state index in [1.54, 1.807) is 0 Å². The second kappa shape index (κ2) is 2.96.